The zero-order valence-corrected chi connectivity index (χ0v) is 9.74. The first-order valence-electron chi connectivity index (χ1n) is 4.72. The SMILES string of the molecule is CC(CC(=O)O)Sc1ccc([N+](=O)[O-])cc1F. The normalized spacial score (nSPS) is 12.1. The van der Waals surface area contributed by atoms with E-state index in [2.05, 4.69) is 0 Å². The van der Waals surface area contributed by atoms with Crippen molar-refractivity contribution in [3.05, 3.63) is 34.1 Å². The van der Waals surface area contributed by atoms with Gasteiger partial charge in [0.05, 0.1) is 17.4 Å². The van der Waals surface area contributed by atoms with Gasteiger partial charge in [-0.15, -0.1) is 11.8 Å². The quantitative estimate of drug-likeness (QED) is 0.499. The molecule has 0 aliphatic heterocycles. The number of carbonyl (C=O) groups is 1. The Morgan fingerprint density at radius 3 is 2.76 bits per heavy atom. The van der Waals surface area contributed by atoms with E-state index in [0.29, 0.717) is 0 Å². The summed E-state index contributed by atoms with van der Waals surface area (Å²) in [6.45, 7) is 1.65. The van der Waals surface area contributed by atoms with Gasteiger partial charge in [0.1, 0.15) is 5.82 Å². The molecule has 17 heavy (non-hydrogen) atoms. The van der Waals surface area contributed by atoms with Crippen LogP contribution in [0.4, 0.5) is 10.1 Å². The van der Waals surface area contributed by atoms with E-state index in [4.69, 9.17) is 5.11 Å². The summed E-state index contributed by atoms with van der Waals surface area (Å²) in [5.41, 5.74) is -0.322. The Kier molecular flexibility index (Phi) is 4.45. The maximum Gasteiger partial charge on any atom is 0.304 e. The summed E-state index contributed by atoms with van der Waals surface area (Å²) in [5.74, 6) is -1.67. The zero-order valence-electron chi connectivity index (χ0n) is 8.92. The van der Waals surface area contributed by atoms with Crippen LogP contribution in [0, 0.1) is 15.9 Å². The average molecular weight is 259 g/mol. The summed E-state index contributed by atoms with van der Waals surface area (Å²) in [5, 5.41) is 18.6. The lowest BCUT2D eigenvalue weighted by Gasteiger charge is -2.08. The molecule has 1 atom stereocenters. The average Bonchev–Trinajstić information content (AvgIpc) is 2.19. The predicted molar refractivity (Wildman–Crippen MR) is 60.6 cm³/mol. The van der Waals surface area contributed by atoms with Crippen molar-refractivity contribution in [3.8, 4) is 0 Å². The molecular formula is C10H10FNO4S. The first-order chi connectivity index (χ1) is 7.90. The van der Waals surface area contributed by atoms with Crippen LogP contribution in [0.3, 0.4) is 0 Å². The standard InChI is InChI=1S/C10H10FNO4S/c1-6(4-10(13)14)17-9-3-2-7(12(15)16)5-8(9)11/h2-3,5-6H,4H2,1H3,(H,13,14). The Morgan fingerprint density at radius 2 is 2.29 bits per heavy atom. The van der Waals surface area contributed by atoms with E-state index in [9.17, 15) is 19.3 Å². The summed E-state index contributed by atoms with van der Waals surface area (Å²) < 4.78 is 13.4. The summed E-state index contributed by atoms with van der Waals surface area (Å²) in [4.78, 5) is 20.3. The van der Waals surface area contributed by atoms with Gasteiger partial charge in [0, 0.05) is 16.2 Å². The topological polar surface area (TPSA) is 80.4 Å². The molecule has 0 amide bonds. The monoisotopic (exact) mass is 259 g/mol. The number of hydrogen-bond donors (Lipinski definition) is 1. The number of nitrogens with zero attached hydrogens (tertiary/aromatic N) is 1. The van der Waals surface area contributed by atoms with Crippen LogP contribution in [0.1, 0.15) is 13.3 Å². The maximum atomic E-state index is 13.4. The van der Waals surface area contributed by atoms with Gasteiger partial charge < -0.3 is 5.11 Å². The fraction of sp³-hybridized carbons (Fsp3) is 0.300. The van der Waals surface area contributed by atoms with Gasteiger partial charge in [-0.25, -0.2) is 4.39 Å². The molecule has 0 fully saturated rings. The fourth-order valence-electron chi connectivity index (χ4n) is 1.20. The van der Waals surface area contributed by atoms with Crippen molar-refractivity contribution in [2.75, 3.05) is 0 Å². The highest BCUT2D eigenvalue weighted by Crippen LogP contribution is 2.29. The highest BCUT2D eigenvalue weighted by molar-refractivity contribution is 8.00. The Hall–Kier alpha value is -1.63. The van der Waals surface area contributed by atoms with Crippen molar-refractivity contribution in [1.29, 1.82) is 0 Å². The van der Waals surface area contributed by atoms with Gasteiger partial charge in [0.2, 0.25) is 0 Å². The van der Waals surface area contributed by atoms with Gasteiger partial charge in [0.15, 0.2) is 0 Å². The molecule has 1 aromatic carbocycles. The molecule has 0 saturated heterocycles. The van der Waals surface area contributed by atoms with Gasteiger partial charge in [-0.05, 0) is 6.07 Å². The first-order valence-corrected chi connectivity index (χ1v) is 5.60. The Labute approximate surface area is 101 Å². The van der Waals surface area contributed by atoms with Crippen LogP contribution < -0.4 is 0 Å². The van der Waals surface area contributed by atoms with Crippen molar-refractivity contribution in [3.63, 3.8) is 0 Å². The number of thioether (sulfide) groups is 1. The molecule has 0 bridgehead atoms. The number of non-ortho nitro benzene ring substituents is 1. The molecular weight excluding hydrogens is 249 g/mol. The second kappa shape index (κ2) is 5.62. The lowest BCUT2D eigenvalue weighted by Crippen LogP contribution is -2.05. The molecule has 1 unspecified atom stereocenters. The molecule has 0 aromatic heterocycles. The van der Waals surface area contributed by atoms with Crippen LogP contribution in [0.15, 0.2) is 23.1 Å². The number of aliphatic carboxylic acids is 1. The molecule has 0 radical (unpaired) electrons. The van der Waals surface area contributed by atoms with Crippen LogP contribution in [-0.4, -0.2) is 21.2 Å². The van der Waals surface area contributed by atoms with Crippen molar-refractivity contribution < 1.29 is 19.2 Å². The third-order valence-corrected chi connectivity index (χ3v) is 3.07. The van der Waals surface area contributed by atoms with Crippen molar-refractivity contribution >= 4 is 23.4 Å². The molecule has 0 spiro atoms. The molecule has 0 heterocycles. The number of carboxylic acids is 1. The summed E-state index contributed by atoms with van der Waals surface area (Å²) in [6.07, 6.45) is -0.0961. The van der Waals surface area contributed by atoms with Crippen LogP contribution in [-0.2, 0) is 4.79 Å². The lowest BCUT2D eigenvalue weighted by atomic mass is 10.3. The molecule has 1 aromatic rings. The maximum absolute atomic E-state index is 13.4. The van der Waals surface area contributed by atoms with Crippen molar-refractivity contribution in [2.45, 2.75) is 23.5 Å². The van der Waals surface area contributed by atoms with Crippen LogP contribution in [0.25, 0.3) is 0 Å². The molecule has 0 aliphatic carbocycles. The van der Waals surface area contributed by atoms with Gasteiger partial charge in [0.25, 0.3) is 5.69 Å². The summed E-state index contributed by atoms with van der Waals surface area (Å²) in [6, 6.07) is 3.31. The highest BCUT2D eigenvalue weighted by Gasteiger charge is 2.15. The number of hydrogen-bond acceptors (Lipinski definition) is 4. The van der Waals surface area contributed by atoms with E-state index in [1.165, 1.54) is 12.1 Å². The number of benzene rings is 1. The molecule has 7 heteroatoms. The van der Waals surface area contributed by atoms with E-state index in [1.807, 2.05) is 0 Å². The van der Waals surface area contributed by atoms with E-state index in [0.717, 1.165) is 17.8 Å². The second-order valence-electron chi connectivity index (χ2n) is 3.40. The van der Waals surface area contributed by atoms with E-state index in [1.54, 1.807) is 6.92 Å². The van der Waals surface area contributed by atoms with Gasteiger partial charge in [-0.1, -0.05) is 6.92 Å². The minimum atomic E-state index is -0.965. The minimum Gasteiger partial charge on any atom is -0.481 e. The largest absolute Gasteiger partial charge is 0.481 e. The summed E-state index contributed by atoms with van der Waals surface area (Å²) >= 11 is 1.04. The number of nitro benzene ring substituents is 1. The first kappa shape index (κ1) is 13.4. The van der Waals surface area contributed by atoms with Gasteiger partial charge in [-0.3, -0.25) is 14.9 Å². The number of halogens is 1. The lowest BCUT2D eigenvalue weighted by molar-refractivity contribution is -0.385. The molecule has 0 aliphatic rings. The Bertz CT molecular complexity index is 452. The van der Waals surface area contributed by atoms with Gasteiger partial charge in [-0.2, -0.15) is 0 Å². The third kappa shape index (κ3) is 4.03. The van der Waals surface area contributed by atoms with Crippen LogP contribution in [0.5, 0.6) is 0 Å². The van der Waals surface area contributed by atoms with Gasteiger partial charge >= 0.3 is 5.97 Å². The zero-order chi connectivity index (χ0) is 13.0. The molecule has 0 saturated carbocycles. The fourth-order valence-corrected chi connectivity index (χ4v) is 2.18. The van der Waals surface area contributed by atoms with E-state index < -0.39 is 16.7 Å². The minimum absolute atomic E-state index is 0.0961. The van der Waals surface area contributed by atoms with E-state index in [-0.39, 0.29) is 22.3 Å². The number of nitro groups is 1. The molecule has 5 nitrogen and oxygen atoms in total. The number of carboxylic acid groups (broad SMARTS) is 1. The van der Waals surface area contributed by atoms with Crippen LogP contribution >= 0.6 is 11.8 Å². The van der Waals surface area contributed by atoms with Crippen molar-refractivity contribution in [2.24, 2.45) is 0 Å². The highest BCUT2D eigenvalue weighted by atomic mass is 32.2. The van der Waals surface area contributed by atoms with E-state index >= 15 is 0 Å². The summed E-state index contributed by atoms with van der Waals surface area (Å²) in [7, 11) is 0. The van der Waals surface area contributed by atoms with Crippen LogP contribution in [0.2, 0.25) is 0 Å². The molecule has 1 rings (SSSR count). The Balaban J connectivity index is 2.79. The van der Waals surface area contributed by atoms with Crippen molar-refractivity contribution in [1.82, 2.24) is 0 Å². The molecule has 1 N–H and O–H groups in total. The predicted octanol–water partition coefficient (Wildman–Crippen LogP) is 2.69. The molecule has 92 valence electrons. The smallest absolute Gasteiger partial charge is 0.304 e. The Morgan fingerprint density at radius 1 is 1.65 bits per heavy atom. The third-order valence-electron chi connectivity index (χ3n) is 1.92. The number of rotatable bonds is 5. The second-order valence-corrected chi connectivity index (χ2v) is 4.88.